The highest BCUT2D eigenvalue weighted by atomic mass is 16.1. The number of Topliss-reactive ketones (excluding diaryl/α,β-unsaturated/α-hetero) is 3. The zero-order valence-electron chi connectivity index (χ0n) is 15.3. The van der Waals surface area contributed by atoms with E-state index in [9.17, 15) is 14.4 Å². The molecular weight excluding hydrogens is 300 g/mol. The second kappa shape index (κ2) is 5.25. The van der Waals surface area contributed by atoms with Crippen LogP contribution in [-0.4, -0.2) is 17.3 Å². The number of ketones is 3. The number of rotatable bonds is 1. The first kappa shape index (κ1) is 16.5. The third kappa shape index (κ3) is 2.05. The summed E-state index contributed by atoms with van der Waals surface area (Å²) in [4.78, 5) is 37.4. The Bertz CT molecular complexity index is 608. The summed E-state index contributed by atoms with van der Waals surface area (Å²) in [5.74, 6) is 2.63. The number of hydrogen-bond donors (Lipinski definition) is 0. The van der Waals surface area contributed by atoms with Crippen LogP contribution >= 0.6 is 0 Å². The highest BCUT2D eigenvalue weighted by Gasteiger charge is 2.63. The van der Waals surface area contributed by atoms with Crippen LogP contribution < -0.4 is 0 Å². The van der Waals surface area contributed by atoms with Gasteiger partial charge in [-0.25, -0.2) is 0 Å². The van der Waals surface area contributed by atoms with E-state index in [0.29, 0.717) is 48.6 Å². The molecule has 132 valence electrons. The fourth-order valence-corrected chi connectivity index (χ4v) is 7.53. The molecule has 4 aliphatic rings. The summed E-state index contributed by atoms with van der Waals surface area (Å²) < 4.78 is 0. The van der Waals surface area contributed by atoms with Crippen molar-refractivity contribution in [2.45, 2.75) is 72.1 Å². The molecule has 0 heterocycles. The molecule has 0 spiro atoms. The minimum atomic E-state index is -0.113. The predicted molar refractivity (Wildman–Crippen MR) is 91.3 cm³/mol. The van der Waals surface area contributed by atoms with Gasteiger partial charge in [-0.2, -0.15) is 0 Å². The van der Waals surface area contributed by atoms with E-state index >= 15 is 0 Å². The van der Waals surface area contributed by atoms with Crippen LogP contribution in [0.4, 0.5) is 0 Å². The molecule has 24 heavy (non-hydrogen) atoms. The highest BCUT2D eigenvalue weighted by Crippen LogP contribution is 2.66. The first-order valence-corrected chi connectivity index (χ1v) is 9.82. The topological polar surface area (TPSA) is 51.2 Å². The Morgan fingerprint density at radius 2 is 1.79 bits per heavy atom. The molecule has 0 aromatic rings. The molecule has 0 aliphatic heterocycles. The Kier molecular flexibility index (Phi) is 3.61. The summed E-state index contributed by atoms with van der Waals surface area (Å²) in [6.45, 7) is 6.21. The molecule has 4 fully saturated rings. The number of carbonyl (C=O) groups is 3. The molecule has 0 aromatic heterocycles. The number of carbonyl (C=O) groups excluding carboxylic acids is 3. The fourth-order valence-electron chi connectivity index (χ4n) is 7.53. The monoisotopic (exact) mass is 330 g/mol. The fraction of sp³-hybridized carbons (Fsp3) is 0.857. The first-order valence-electron chi connectivity index (χ1n) is 9.82. The standard InChI is InChI=1S/C21H30O3/c1-12(22)16-6-7-17-15-5-4-13-10-14(23)8-9-20(13,2)19(15)18(24)11-21(16,17)3/h13,15-17,19H,4-11H2,1-3H3/t13-,15-,16+,17-,19+,20+,21-/m1/s1. The summed E-state index contributed by atoms with van der Waals surface area (Å²) >= 11 is 0. The van der Waals surface area contributed by atoms with Gasteiger partial charge in [-0.05, 0) is 67.6 Å². The lowest BCUT2D eigenvalue weighted by molar-refractivity contribution is -0.161. The van der Waals surface area contributed by atoms with Gasteiger partial charge < -0.3 is 0 Å². The van der Waals surface area contributed by atoms with E-state index in [1.54, 1.807) is 6.92 Å². The first-order chi connectivity index (χ1) is 11.3. The zero-order valence-corrected chi connectivity index (χ0v) is 15.3. The van der Waals surface area contributed by atoms with E-state index in [0.717, 1.165) is 32.1 Å². The molecule has 0 saturated heterocycles. The second-order valence-electron chi connectivity index (χ2n) is 9.66. The van der Waals surface area contributed by atoms with Crippen molar-refractivity contribution in [2.24, 2.45) is 40.4 Å². The van der Waals surface area contributed by atoms with Crippen LogP contribution in [0.3, 0.4) is 0 Å². The van der Waals surface area contributed by atoms with E-state index in [1.807, 2.05) is 0 Å². The normalized spacial score (nSPS) is 50.9. The maximum Gasteiger partial charge on any atom is 0.137 e. The molecule has 4 aliphatic carbocycles. The molecule has 7 atom stereocenters. The molecule has 3 heteroatoms. The smallest absolute Gasteiger partial charge is 0.137 e. The van der Waals surface area contributed by atoms with Crippen LogP contribution in [-0.2, 0) is 14.4 Å². The number of fused-ring (bicyclic) bond motifs is 5. The third-order valence-corrected chi connectivity index (χ3v) is 8.66. The van der Waals surface area contributed by atoms with Crippen molar-refractivity contribution in [2.75, 3.05) is 0 Å². The average molecular weight is 330 g/mol. The maximum absolute atomic E-state index is 13.3. The zero-order chi connectivity index (χ0) is 17.3. The van der Waals surface area contributed by atoms with Gasteiger partial charge in [0.1, 0.15) is 17.3 Å². The van der Waals surface area contributed by atoms with Gasteiger partial charge in [0, 0.05) is 31.1 Å². The lowest BCUT2D eigenvalue weighted by atomic mass is 9.44. The molecule has 0 N–H and O–H groups in total. The lowest BCUT2D eigenvalue weighted by Gasteiger charge is -2.59. The van der Waals surface area contributed by atoms with Gasteiger partial charge in [-0.1, -0.05) is 13.8 Å². The largest absolute Gasteiger partial charge is 0.300 e. The van der Waals surface area contributed by atoms with Crippen LogP contribution in [0.1, 0.15) is 72.1 Å². The Morgan fingerprint density at radius 3 is 2.50 bits per heavy atom. The molecule has 4 rings (SSSR count). The van der Waals surface area contributed by atoms with Gasteiger partial charge in [0.25, 0.3) is 0 Å². The van der Waals surface area contributed by atoms with Gasteiger partial charge >= 0.3 is 0 Å². The summed E-state index contributed by atoms with van der Waals surface area (Å²) in [5.41, 5.74) is -0.0959. The van der Waals surface area contributed by atoms with Crippen molar-refractivity contribution in [3.05, 3.63) is 0 Å². The minimum Gasteiger partial charge on any atom is -0.300 e. The molecule has 0 bridgehead atoms. The average Bonchev–Trinajstić information content (AvgIpc) is 2.84. The molecule has 0 radical (unpaired) electrons. The van der Waals surface area contributed by atoms with E-state index in [2.05, 4.69) is 13.8 Å². The predicted octanol–water partition coefficient (Wildman–Crippen LogP) is 3.98. The van der Waals surface area contributed by atoms with Gasteiger partial charge in [0.05, 0.1) is 0 Å². The van der Waals surface area contributed by atoms with Gasteiger partial charge in [-0.3, -0.25) is 14.4 Å². The minimum absolute atomic E-state index is 0.0174. The lowest BCUT2D eigenvalue weighted by Crippen LogP contribution is -2.57. The second-order valence-corrected chi connectivity index (χ2v) is 9.66. The van der Waals surface area contributed by atoms with Gasteiger partial charge in [0.2, 0.25) is 0 Å². The van der Waals surface area contributed by atoms with Crippen LogP contribution in [0.5, 0.6) is 0 Å². The van der Waals surface area contributed by atoms with Crippen LogP contribution in [0.2, 0.25) is 0 Å². The van der Waals surface area contributed by atoms with Crippen molar-refractivity contribution in [3.8, 4) is 0 Å². The highest BCUT2D eigenvalue weighted by molar-refractivity contribution is 5.87. The van der Waals surface area contributed by atoms with Crippen LogP contribution in [0.15, 0.2) is 0 Å². The Labute approximate surface area is 144 Å². The SMILES string of the molecule is CC(=O)[C@@H]1CC[C@@H]2[C@H]3CC[C@@H]4CC(=O)CC[C@]4(C)[C@@H]3C(=O)C[C@@]21C. The van der Waals surface area contributed by atoms with Crippen molar-refractivity contribution in [1.29, 1.82) is 0 Å². The summed E-state index contributed by atoms with van der Waals surface area (Å²) in [7, 11) is 0. The van der Waals surface area contributed by atoms with Crippen molar-refractivity contribution < 1.29 is 14.4 Å². The summed E-state index contributed by atoms with van der Waals surface area (Å²) in [5, 5.41) is 0. The Morgan fingerprint density at radius 1 is 1.04 bits per heavy atom. The molecule has 0 unspecified atom stereocenters. The van der Waals surface area contributed by atoms with Crippen molar-refractivity contribution >= 4 is 17.3 Å². The van der Waals surface area contributed by atoms with Crippen molar-refractivity contribution in [3.63, 3.8) is 0 Å². The molecular formula is C21H30O3. The third-order valence-electron chi connectivity index (χ3n) is 8.66. The molecule has 0 aromatic carbocycles. The maximum atomic E-state index is 13.3. The Hall–Kier alpha value is -0.990. The summed E-state index contributed by atoms with van der Waals surface area (Å²) in [6.07, 6.45) is 7.05. The molecule has 0 amide bonds. The van der Waals surface area contributed by atoms with E-state index in [1.165, 1.54) is 0 Å². The van der Waals surface area contributed by atoms with Gasteiger partial charge in [0.15, 0.2) is 0 Å². The van der Waals surface area contributed by atoms with Crippen LogP contribution in [0, 0.1) is 40.4 Å². The van der Waals surface area contributed by atoms with E-state index in [4.69, 9.17) is 0 Å². The van der Waals surface area contributed by atoms with E-state index in [-0.39, 0.29) is 28.4 Å². The molecule has 3 nitrogen and oxygen atoms in total. The number of hydrogen-bond acceptors (Lipinski definition) is 3. The van der Waals surface area contributed by atoms with Crippen molar-refractivity contribution in [1.82, 2.24) is 0 Å². The van der Waals surface area contributed by atoms with Crippen LogP contribution in [0.25, 0.3) is 0 Å². The van der Waals surface area contributed by atoms with E-state index < -0.39 is 0 Å². The summed E-state index contributed by atoms with van der Waals surface area (Å²) in [6, 6.07) is 0. The quantitative estimate of drug-likeness (QED) is 0.730. The molecule has 4 saturated carbocycles. The Balaban J connectivity index is 1.69. The van der Waals surface area contributed by atoms with Gasteiger partial charge in [-0.15, -0.1) is 0 Å².